The lowest BCUT2D eigenvalue weighted by molar-refractivity contribution is -0.135. The summed E-state index contributed by atoms with van der Waals surface area (Å²) in [4.78, 5) is 32.8. The number of rotatable bonds is 8. The molecular weight excluding hydrogens is 440 g/mol. The highest BCUT2D eigenvalue weighted by Gasteiger charge is 2.32. The van der Waals surface area contributed by atoms with Crippen molar-refractivity contribution in [1.82, 2.24) is 29.7 Å². The van der Waals surface area contributed by atoms with Crippen LogP contribution in [-0.2, 0) is 4.79 Å². The van der Waals surface area contributed by atoms with Gasteiger partial charge in [-0.05, 0) is 45.1 Å². The van der Waals surface area contributed by atoms with Crippen LogP contribution in [0.15, 0.2) is 36.7 Å². The molecule has 1 atom stereocenters. The molecule has 186 valence electrons. The van der Waals surface area contributed by atoms with Crippen molar-refractivity contribution in [3.63, 3.8) is 0 Å². The third-order valence-corrected chi connectivity index (χ3v) is 7.10. The average molecular weight is 477 g/mol. The number of aromatic nitrogens is 4. The van der Waals surface area contributed by atoms with Gasteiger partial charge in [-0.25, -0.2) is 15.0 Å². The maximum Gasteiger partial charge on any atom is 0.245 e. The van der Waals surface area contributed by atoms with E-state index in [9.17, 15) is 4.79 Å². The number of anilines is 1. The number of hydrogen-bond donors (Lipinski definition) is 2. The molecule has 3 N–H and O–H groups in total. The molecule has 1 amide bonds. The summed E-state index contributed by atoms with van der Waals surface area (Å²) in [6.45, 7) is 5.63. The van der Waals surface area contributed by atoms with Crippen molar-refractivity contribution in [2.24, 2.45) is 5.73 Å². The lowest BCUT2D eigenvalue weighted by Gasteiger charge is -2.32. The van der Waals surface area contributed by atoms with E-state index >= 15 is 0 Å². The Kier molecular flexibility index (Phi) is 7.54. The molecule has 5 rings (SSSR count). The van der Waals surface area contributed by atoms with Gasteiger partial charge in [-0.3, -0.25) is 9.36 Å². The first-order valence-corrected chi connectivity index (χ1v) is 13.0. The number of nitrogens with two attached hydrogens (primary N) is 1. The Morgan fingerprint density at radius 3 is 2.51 bits per heavy atom. The van der Waals surface area contributed by atoms with E-state index in [-0.39, 0.29) is 11.9 Å². The summed E-state index contributed by atoms with van der Waals surface area (Å²) in [7, 11) is 0. The third kappa shape index (κ3) is 5.01. The maximum absolute atomic E-state index is 14.0. The van der Waals surface area contributed by atoms with Crippen LogP contribution in [0, 0.1) is 0 Å². The Hall–Kier alpha value is -3.04. The van der Waals surface area contributed by atoms with E-state index < -0.39 is 0 Å². The standard InChI is InChI=1S/C26H36N8O/c27-12-6-5-11-21(26(35)33-17-13-28-14-18-33)34-23(20-9-3-1-4-10-20)31-22-24(29-19-30-25(22)34)32-15-7-2-8-16-32/h1,3-4,9-10,19,21,28H,2,5-8,11-18,27H2/t21-/m0/s1. The van der Waals surface area contributed by atoms with Crippen molar-refractivity contribution >= 4 is 22.9 Å². The second-order valence-corrected chi connectivity index (χ2v) is 9.46. The van der Waals surface area contributed by atoms with Gasteiger partial charge in [-0.2, -0.15) is 0 Å². The number of amides is 1. The molecule has 0 aliphatic carbocycles. The second kappa shape index (κ2) is 11.1. The average Bonchev–Trinajstić information content (AvgIpc) is 3.32. The van der Waals surface area contributed by atoms with E-state index in [0.717, 1.165) is 80.2 Å². The molecule has 9 nitrogen and oxygen atoms in total. The molecular formula is C26H36N8O. The fraction of sp³-hybridized carbons (Fsp3) is 0.538. The molecule has 0 unspecified atom stereocenters. The zero-order valence-corrected chi connectivity index (χ0v) is 20.4. The maximum atomic E-state index is 14.0. The predicted molar refractivity (Wildman–Crippen MR) is 138 cm³/mol. The van der Waals surface area contributed by atoms with Gasteiger partial charge in [0.2, 0.25) is 5.91 Å². The van der Waals surface area contributed by atoms with Crippen molar-refractivity contribution in [3.8, 4) is 11.4 Å². The number of unbranched alkanes of at least 4 members (excludes halogenated alkanes) is 1. The van der Waals surface area contributed by atoms with Crippen LogP contribution in [0.5, 0.6) is 0 Å². The smallest absolute Gasteiger partial charge is 0.245 e. The van der Waals surface area contributed by atoms with Crippen LogP contribution in [0.2, 0.25) is 0 Å². The minimum absolute atomic E-state index is 0.137. The molecule has 0 spiro atoms. The van der Waals surface area contributed by atoms with Gasteiger partial charge in [0.15, 0.2) is 17.0 Å². The first kappa shape index (κ1) is 23.7. The highest BCUT2D eigenvalue weighted by molar-refractivity contribution is 5.90. The van der Waals surface area contributed by atoms with Gasteiger partial charge in [0.05, 0.1) is 0 Å². The first-order chi connectivity index (χ1) is 17.3. The van der Waals surface area contributed by atoms with E-state index in [0.29, 0.717) is 26.1 Å². The summed E-state index contributed by atoms with van der Waals surface area (Å²) in [5.74, 6) is 1.79. The lowest BCUT2D eigenvalue weighted by Crippen LogP contribution is -2.48. The summed E-state index contributed by atoms with van der Waals surface area (Å²) >= 11 is 0. The molecule has 0 bridgehead atoms. The quantitative estimate of drug-likeness (QED) is 0.482. The van der Waals surface area contributed by atoms with Gasteiger partial charge >= 0.3 is 0 Å². The second-order valence-electron chi connectivity index (χ2n) is 9.46. The number of piperazine rings is 1. The fourth-order valence-corrected chi connectivity index (χ4v) is 5.26. The molecule has 0 radical (unpaired) electrons. The highest BCUT2D eigenvalue weighted by Crippen LogP contribution is 2.34. The Bertz CT molecular complexity index is 1120. The monoisotopic (exact) mass is 476 g/mol. The van der Waals surface area contributed by atoms with Gasteiger partial charge in [0.25, 0.3) is 0 Å². The normalized spacial score (nSPS) is 17.6. The molecule has 2 saturated heterocycles. The van der Waals surface area contributed by atoms with Crippen molar-refractivity contribution < 1.29 is 4.79 Å². The Balaban J connectivity index is 1.65. The number of fused-ring (bicyclic) bond motifs is 1. The fourth-order valence-electron chi connectivity index (χ4n) is 5.26. The molecule has 2 aromatic heterocycles. The van der Waals surface area contributed by atoms with E-state index in [4.69, 9.17) is 15.7 Å². The van der Waals surface area contributed by atoms with Crippen molar-refractivity contribution in [3.05, 3.63) is 36.7 Å². The number of imidazole rings is 1. The summed E-state index contributed by atoms with van der Waals surface area (Å²) in [6.07, 6.45) is 7.64. The predicted octanol–water partition coefficient (Wildman–Crippen LogP) is 2.59. The molecule has 2 aliphatic rings. The van der Waals surface area contributed by atoms with Crippen LogP contribution in [0.3, 0.4) is 0 Å². The minimum Gasteiger partial charge on any atom is -0.355 e. The lowest BCUT2D eigenvalue weighted by atomic mass is 10.1. The molecule has 9 heteroatoms. The summed E-state index contributed by atoms with van der Waals surface area (Å²) in [6, 6.07) is 9.75. The zero-order valence-electron chi connectivity index (χ0n) is 20.4. The number of carbonyl (C=O) groups is 1. The van der Waals surface area contributed by atoms with E-state index in [1.165, 1.54) is 6.42 Å². The number of carbonyl (C=O) groups excluding carboxylic acids is 1. The Morgan fingerprint density at radius 1 is 1.00 bits per heavy atom. The van der Waals surface area contributed by atoms with Crippen molar-refractivity contribution in [2.45, 2.75) is 44.6 Å². The molecule has 4 heterocycles. The van der Waals surface area contributed by atoms with Gasteiger partial charge in [-0.15, -0.1) is 0 Å². The van der Waals surface area contributed by atoms with Crippen LogP contribution in [0.4, 0.5) is 5.82 Å². The third-order valence-electron chi connectivity index (χ3n) is 7.10. The summed E-state index contributed by atoms with van der Waals surface area (Å²) in [5, 5.41) is 3.35. The van der Waals surface area contributed by atoms with Crippen molar-refractivity contribution in [1.29, 1.82) is 0 Å². The van der Waals surface area contributed by atoms with E-state index in [2.05, 4.69) is 31.9 Å². The van der Waals surface area contributed by atoms with Gasteiger partial charge < -0.3 is 20.9 Å². The van der Waals surface area contributed by atoms with Crippen LogP contribution in [0.25, 0.3) is 22.6 Å². The van der Waals surface area contributed by atoms with E-state index in [1.807, 2.05) is 23.1 Å². The van der Waals surface area contributed by atoms with Gasteiger partial charge in [0, 0.05) is 44.8 Å². The molecule has 0 saturated carbocycles. The van der Waals surface area contributed by atoms with Gasteiger partial charge in [-0.1, -0.05) is 30.3 Å². The largest absolute Gasteiger partial charge is 0.355 e. The SMILES string of the molecule is NCCCC[C@@H](C(=O)N1CCNCC1)n1c(-c2ccccc2)nc2c(N3CCCCC3)ncnc21. The van der Waals surface area contributed by atoms with Crippen LogP contribution in [-0.4, -0.2) is 76.1 Å². The van der Waals surface area contributed by atoms with Crippen LogP contribution in [0.1, 0.15) is 44.6 Å². The topological polar surface area (TPSA) is 105 Å². The minimum atomic E-state index is -0.385. The van der Waals surface area contributed by atoms with Crippen molar-refractivity contribution in [2.75, 3.05) is 50.7 Å². The summed E-state index contributed by atoms with van der Waals surface area (Å²) < 4.78 is 2.08. The number of hydrogen-bond acceptors (Lipinski definition) is 7. The molecule has 2 fully saturated rings. The van der Waals surface area contributed by atoms with Crippen LogP contribution < -0.4 is 16.0 Å². The first-order valence-electron chi connectivity index (χ1n) is 13.0. The highest BCUT2D eigenvalue weighted by atomic mass is 16.2. The molecule has 1 aromatic carbocycles. The molecule has 35 heavy (non-hydrogen) atoms. The van der Waals surface area contributed by atoms with Crippen LogP contribution >= 0.6 is 0 Å². The number of piperidine rings is 1. The summed E-state index contributed by atoms with van der Waals surface area (Å²) in [5.41, 5.74) is 8.32. The molecule has 3 aromatic rings. The Labute approximate surface area is 206 Å². The molecule has 2 aliphatic heterocycles. The van der Waals surface area contributed by atoms with Gasteiger partial charge in [0.1, 0.15) is 18.2 Å². The zero-order chi connectivity index (χ0) is 24.0. The Morgan fingerprint density at radius 2 is 1.77 bits per heavy atom. The number of benzene rings is 1. The number of nitrogens with zero attached hydrogens (tertiary/aromatic N) is 6. The number of nitrogens with one attached hydrogen (secondary N) is 1. The van der Waals surface area contributed by atoms with E-state index in [1.54, 1.807) is 6.33 Å².